The molecule has 0 spiro atoms. The topological polar surface area (TPSA) is 71.2 Å². The van der Waals surface area contributed by atoms with E-state index >= 15 is 0 Å². The summed E-state index contributed by atoms with van der Waals surface area (Å²) in [5.41, 5.74) is 8.95. The summed E-state index contributed by atoms with van der Waals surface area (Å²) in [6.07, 6.45) is 3.13. The van der Waals surface area contributed by atoms with Crippen molar-refractivity contribution in [2.75, 3.05) is 26.0 Å². The van der Waals surface area contributed by atoms with Gasteiger partial charge in [-0.3, -0.25) is 9.78 Å². The molecule has 0 aliphatic heterocycles. The molecule has 1 atom stereocenters. The first-order valence-electron chi connectivity index (χ1n) is 7.19. The second-order valence-electron chi connectivity index (χ2n) is 5.56. The molecule has 22 heavy (non-hydrogen) atoms. The van der Waals surface area contributed by atoms with Crippen molar-refractivity contribution in [3.05, 3.63) is 59.4 Å². The summed E-state index contributed by atoms with van der Waals surface area (Å²) in [6.45, 7) is 2.74. The highest BCUT2D eigenvalue weighted by molar-refractivity contribution is 5.98. The number of nitrogens with one attached hydrogen (secondary N) is 1. The predicted octanol–water partition coefficient (Wildman–Crippen LogP) is 2.20. The number of nitrogens with zero attached hydrogens (tertiary/aromatic N) is 2. The molecule has 0 radical (unpaired) electrons. The first-order chi connectivity index (χ1) is 10.5. The fraction of sp³-hybridized carbons (Fsp3) is 0.294. The van der Waals surface area contributed by atoms with Crippen LogP contribution in [0.4, 0.5) is 5.69 Å². The number of rotatable bonds is 6. The average Bonchev–Trinajstić information content (AvgIpc) is 2.49. The van der Waals surface area contributed by atoms with Crippen LogP contribution in [0.15, 0.2) is 42.7 Å². The smallest absolute Gasteiger partial charge is 0.252 e. The Kier molecular flexibility index (Phi) is 5.12. The summed E-state index contributed by atoms with van der Waals surface area (Å²) < 4.78 is 0. The first kappa shape index (κ1) is 16.0. The Hall–Kier alpha value is -2.40. The number of nitrogens with two attached hydrogens (primary N) is 1. The molecule has 5 heteroatoms. The molecule has 0 fully saturated rings. The van der Waals surface area contributed by atoms with E-state index in [0.717, 1.165) is 0 Å². The van der Waals surface area contributed by atoms with Gasteiger partial charge >= 0.3 is 0 Å². The van der Waals surface area contributed by atoms with Crippen molar-refractivity contribution in [2.24, 2.45) is 5.73 Å². The largest absolute Gasteiger partial charge is 0.382 e. The summed E-state index contributed by atoms with van der Waals surface area (Å²) >= 11 is 0. The predicted molar refractivity (Wildman–Crippen MR) is 88.9 cm³/mol. The molecule has 3 N–H and O–H groups in total. The quantitative estimate of drug-likeness (QED) is 0.857. The number of primary amides is 1. The zero-order valence-corrected chi connectivity index (χ0v) is 13.2. The van der Waals surface area contributed by atoms with Gasteiger partial charge in [0.2, 0.25) is 0 Å². The van der Waals surface area contributed by atoms with Crippen LogP contribution in [-0.4, -0.2) is 36.4 Å². The molecule has 0 saturated heterocycles. The molecule has 1 heterocycles. The van der Waals surface area contributed by atoms with Gasteiger partial charge in [0.15, 0.2) is 0 Å². The highest BCUT2D eigenvalue weighted by Gasteiger charge is 2.15. The fourth-order valence-electron chi connectivity index (χ4n) is 2.34. The van der Waals surface area contributed by atoms with Crippen LogP contribution in [0.25, 0.3) is 0 Å². The molecule has 0 aliphatic carbocycles. The van der Waals surface area contributed by atoms with Crippen LogP contribution in [0.2, 0.25) is 0 Å². The molecule has 1 aromatic heterocycles. The lowest BCUT2D eigenvalue weighted by atomic mass is 10.0. The molecule has 0 bridgehead atoms. The monoisotopic (exact) mass is 298 g/mol. The lowest BCUT2D eigenvalue weighted by Crippen LogP contribution is -2.27. The van der Waals surface area contributed by atoms with Crippen LogP contribution < -0.4 is 11.1 Å². The van der Waals surface area contributed by atoms with Gasteiger partial charge in [0.25, 0.3) is 5.91 Å². The van der Waals surface area contributed by atoms with Gasteiger partial charge in [-0.1, -0.05) is 29.8 Å². The maximum Gasteiger partial charge on any atom is 0.252 e. The number of anilines is 1. The van der Waals surface area contributed by atoms with E-state index in [-0.39, 0.29) is 6.04 Å². The maximum absolute atomic E-state index is 11.4. The minimum absolute atomic E-state index is 0.189. The highest BCUT2D eigenvalue weighted by Crippen LogP contribution is 2.21. The van der Waals surface area contributed by atoms with Gasteiger partial charge in [0.1, 0.15) is 0 Å². The standard InChI is InChI=1S/C17H22N4O/c1-12-4-6-13(7-5-12)16(21(2)3)11-20-15-8-9-19-10-14(15)17(18)22/h4-10,16H,11H2,1-3H3,(H2,18,22)(H,19,20). The van der Waals surface area contributed by atoms with E-state index in [9.17, 15) is 4.79 Å². The molecular weight excluding hydrogens is 276 g/mol. The Balaban J connectivity index is 2.16. The number of aromatic nitrogens is 1. The molecule has 116 valence electrons. The number of pyridine rings is 1. The lowest BCUT2D eigenvalue weighted by Gasteiger charge is -2.26. The van der Waals surface area contributed by atoms with Crippen LogP contribution >= 0.6 is 0 Å². The van der Waals surface area contributed by atoms with Gasteiger partial charge in [-0.2, -0.15) is 0 Å². The van der Waals surface area contributed by atoms with Gasteiger partial charge in [0.05, 0.1) is 17.3 Å². The lowest BCUT2D eigenvalue weighted by molar-refractivity contribution is 0.100. The first-order valence-corrected chi connectivity index (χ1v) is 7.19. The zero-order chi connectivity index (χ0) is 16.1. The molecule has 2 aromatic rings. The number of hydrogen-bond acceptors (Lipinski definition) is 4. The van der Waals surface area contributed by atoms with Crippen LogP contribution in [0.1, 0.15) is 27.5 Å². The number of carbonyl (C=O) groups excluding carboxylic acids is 1. The zero-order valence-electron chi connectivity index (χ0n) is 13.2. The summed E-state index contributed by atoms with van der Waals surface area (Å²) in [5, 5.41) is 3.31. The summed E-state index contributed by atoms with van der Waals surface area (Å²) in [4.78, 5) is 17.5. The van der Waals surface area contributed by atoms with Crippen LogP contribution in [0.3, 0.4) is 0 Å². The Morgan fingerprint density at radius 2 is 1.95 bits per heavy atom. The minimum Gasteiger partial charge on any atom is -0.382 e. The molecule has 1 amide bonds. The van der Waals surface area contributed by atoms with Crippen molar-refractivity contribution in [1.29, 1.82) is 0 Å². The van der Waals surface area contributed by atoms with E-state index in [2.05, 4.69) is 46.4 Å². The number of amides is 1. The molecule has 0 saturated carbocycles. The van der Waals surface area contributed by atoms with Crippen molar-refractivity contribution >= 4 is 11.6 Å². The third-order valence-corrected chi connectivity index (χ3v) is 3.66. The van der Waals surface area contributed by atoms with Crippen LogP contribution in [-0.2, 0) is 0 Å². The van der Waals surface area contributed by atoms with Crippen molar-refractivity contribution in [1.82, 2.24) is 9.88 Å². The third-order valence-electron chi connectivity index (χ3n) is 3.66. The second kappa shape index (κ2) is 7.04. The van der Waals surface area contributed by atoms with E-state index in [0.29, 0.717) is 17.8 Å². The second-order valence-corrected chi connectivity index (χ2v) is 5.56. The number of benzene rings is 1. The number of likely N-dealkylation sites (N-methyl/N-ethyl adjacent to an activating group) is 1. The van der Waals surface area contributed by atoms with Gasteiger partial charge < -0.3 is 16.0 Å². The van der Waals surface area contributed by atoms with Crippen molar-refractivity contribution in [3.63, 3.8) is 0 Å². The number of hydrogen-bond donors (Lipinski definition) is 2. The minimum atomic E-state index is -0.479. The highest BCUT2D eigenvalue weighted by atomic mass is 16.1. The summed E-state index contributed by atoms with van der Waals surface area (Å²) in [6, 6.07) is 10.4. The molecule has 1 unspecified atom stereocenters. The Bertz CT molecular complexity index is 637. The van der Waals surface area contributed by atoms with E-state index in [1.807, 2.05) is 14.1 Å². The van der Waals surface area contributed by atoms with E-state index in [1.165, 1.54) is 17.3 Å². The average molecular weight is 298 g/mol. The molecule has 1 aromatic carbocycles. The van der Waals surface area contributed by atoms with Crippen LogP contribution in [0.5, 0.6) is 0 Å². The van der Waals surface area contributed by atoms with Crippen molar-refractivity contribution in [2.45, 2.75) is 13.0 Å². The maximum atomic E-state index is 11.4. The number of aryl methyl sites for hydroxylation is 1. The Morgan fingerprint density at radius 1 is 1.27 bits per heavy atom. The molecular formula is C17H22N4O. The number of carbonyl (C=O) groups is 1. The van der Waals surface area contributed by atoms with Gasteiger partial charge in [0, 0.05) is 18.9 Å². The van der Waals surface area contributed by atoms with Crippen molar-refractivity contribution < 1.29 is 4.79 Å². The van der Waals surface area contributed by atoms with E-state index in [1.54, 1.807) is 12.3 Å². The van der Waals surface area contributed by atoms with Gasteiger partial charge in [-0.05, 0) is 32.6 Å². The van der Waals surface area contributed by atoms with E-state index < -0.39 is 5.91 Å². The summed E-state index contributed by atoms with van der Waals surface area (Å²) in [5.74, 6) is -0.479. The van der Waals surface area contributed by atoms with Gasteiger partial charge in [-0.15, -0.1) is 0 Å². The third kappa shape index (κ3) is 3.83. The Labute approximate surface area is 131 Å². The summed E-state index contributed by atoms with van der Waals surface area (Å²) in [7, 11) is 4.07. The normalized spacial score (nSPS) is 12.2. The SMILES string of the molecule is Cc1ccc(C(CNc2ccncc2C(N)=O)N(C)C)cc1. The van der Waals surface area contributed by atoms with Crippen LogP contribution in [0, 0.1) is 6.92 Å². The fourth-order valence-corrected chi connectivity index (χ4v) is 2.34. The molecule has 2 rings (SSSR count). The van der Waals surface area contributed by atoms with Gasteiger partial charge in [-0.25, -0.2) is 0 Å². The van der Waals surface area contributed by atoms with Crippen molar-refractivity contribution in [3.8, 4) is 0 Å². The Morgan fingerprint density at radius 3 is 2.55 bits per heavy atom. The van der Waals surface area contributed by atoms with E-state index in [4.69, 9.17) is 5.73 Å². The molecule has 5 nitrogen and oxygen atoms in total. The molecule has 0 aliphatic rings.